The summed E-state index contributed by atoms with van der Waals surface area (Å²) in [6.45, 7) is 3.94. The number of amides is 2. The number of carbonyl (C=O) groups is 2. The predicted molar refractivity (Wildman–Crippen MR) is 96.8 cm³/mol. The fourth-order valence-electron chi connectivity index (χ4n) is 3.36. The van der Waals surface area contributed by atoms with Gasteiger partial charge in [0.2, 0.25) is 5.91 Å². The van der Waals surface area contributed by atoms with Crippen molar-refractivity contribution in [1.29, 1.82) is 0 Å². The highest BCUT2D eigenvalue weighted by Gasteiger charge is 2.32. The molecule has 0 spiro atoms. The molecule has 5 heteroatoms. The van der Waals surface area contributed by atoms with Gasteiger partial charge in [-0.1, -0.05) is 18.2 Å². The third kappa shape index (κ3) is 2.40. The molecule has 2 aliphatic heterocycles. The molecule has 2 aliphatic rings. The first-order valence-electron chi connectivity index (χ1n) is 8.07. The van der Waals surface area contributed by atoms with Gasteiger partial charge in [-0.3, -0.25) is 9.59 Å². The Morgan fingerprint density at radius 2 is 2.00 bits per heavy atom. The summed E-state index contributed by atoms with van der Waals surface area (Å²) in [5.74, 6) is -0.0369. The summed E-state index contributed by atoms with van der Waals surface area (Å²) in [6.07, 6.45) is 0.872. The molecule has 0 unspecified atom stereocenters. The zero-order chi connectivity index (χ0) is 16.8. The van der Waals surface area contributed by atoms with E-state index in [1.54, 1.807) is 6.07 Å². The Labute approximate surface area is 145 Å². The number of nitrogens with one attached hydrogen (secondary N) is 1. The molecule has 0 radical (unpaired) electrons. The highest BCUT2D eigenvalue weighted by Crippen LogP contribution is 2.37. The molecule has 2 aromatic rings. The van der Waals surface area contributed by atoms with E-state index < -0.39 is 0 Å². The lowest BCUT2D eigenvalue weighted by molar-refractivity contribution is -0.115. The van der Waals surface area contributed by atoms with Crippen molar-refractivity contribution in [3.8, 4) is 0 Å². The maximum Gasteiger partial charge on any atom is 0.258 e. The van der Waals surface area contributed by atoms with Crippen molar-refractivity contribution in [1.82, 2.24) is 0 Å². The number of para-hydroxylation sites is 1. The van der Waals surface area contributed by atoms with Crippen LogP contribution in [0.4, 0.5) is 11.4 Å². The van der Waals surface area contributed by atoms with Gasteiger partial charge in [-0.25, -0.2) is 0 Å². The summed E-state index contributed by atoms with van der Waals surface area (Å²) in [5.41, 5.74) is 3.52. The van der Waals surface area contributed by atoms with Crippen LogP contribution < -0.4 is 10.2 Å². The Bertz CT molecular complexity index is 849. The average Bonchev–Trinajstić information content (AvgIpc) is 2.90. The zero-order valence-corrected chi connectivity index (χ0v) is 14.4. The molecular formula is C19H18N2O2S. The SMILES string of the molecule is C[C@@H]1Cc2ccccc2N1C(=O)c1ccc2c(c1)NC(=O)[C@@H](C)S2. The van der Waals surface area contributed by atoms with Crippen LogP contribution in [0.2, 0.25) is 0 Å². The normalized spacial score (nSPS) is 21.9. The Kier molecular flexibility index (Phi) is 3.61. The van der Waals surface area contributed by atoms with Crippen LogP contribution in [0.25, 0.3) is 0 Å². The van der Waals surface area contributed by atoms with Crippen molar-refractivity contribution in [3.05, 3.63) is 53.6 Å². The van der Waals surface area contributed by atoms with Gasteiger partial charge in [-0.05, 0) is 50.1 Å². The van der Waals surface area contributed by atoms with E-state index in [0.717, 1.165) is 22.7 Å². The minimum absolute atomic E-state index is 0.0167. The summed E-state index contributed by atoms with van der Waals surface area (Å²) >= 11 is 1.52. The number of anilines is 2. The van der Waals surface area contributed by atoms with Crippen LogP contribution in [0.15, 0.2) is 47.4 Å². The second kappa shape index (κ2) is 5.67. The van der Waals surface area contributed by atoms with Crippen molar-refractivity contribution in [2.45, 2.75) is 36.5 Å². The molecule has 0 saturated heterocycles. The van der Waals surface area contributed by atoms with E-state index >= 15 is 0 Å². The van der Waals surface area contributed by atoms with Crippen molar-refractivity contribution >= 4 is 35.0 Å². The number of thioether (sulfide) groups is 1. The first-order chi connectivity index (χ1) is 11.5. The molecule has 0 fully saturated rings. The molecule has 4 nitrogen and oxygen atoms in total. The predicted octanol–water partition coefficient (Wildman–Crippen LogP) is 3.71. The molecule has 2 amide bonds. The summed E-state index contributed by atoms with van der Waals surface area (Å²) < 4.78 is 0. The molecule has 4 rings (SSSR count). The van der Waals surface area contributed by atoms with E-state index in [-0.39, 0.29) is 23.1 Å². The molecule has 0 aromatic heterocycles. The second-order valence-corrected chi connectivity index (χ2v) is 7.70. The topological polar surface area (TPSA) is 49.4 Å². The van der Waals surface area contributed by atoms with Crippen LogP contribution >= 0.6 is 11.8 Å². The molecule has 24 heavy (non-hydrogen) atoms. The Hall–Kier alpha value is -2.27. The van der Waals surface area contributed by atoms with Gasteiger partial charge in [0.1, 0.15) is 0 Å². The fourth-order valence-corrected chi connectivity index (χ4v) is 4.29. The minimum atomic E-state index is -0.107. The van der Waals surface area contributed by atoms with Gasteiger partial charge in [-0.15, -0.1) is 11.8 Å². The molecule has 0 aliphatic carbocycles. The van der Waals surface area contributed by atoms with E-state index in [1.165, 1.54) is 17.3 Å². The van der Waals surface area contributed by atoms with Gasteiger partial charge < -0.3 is 10.2 Å². The molecule has 2 heterocycles. The van der Waals surface area contributed by atoms with Crippen LogP contribution in [0, 0.1) is 0 Å². The van der Waals surface area contributed by atoms with Crippen LogP contribution in [-0.2, 0) is 11.2 Å². The van der Waals surface area contributed by atoms with Crippen LogP contribution in [0.1, 0.15) is 29.8 Å². The first-order valence-corrected chi connectivity index (χ1v) is 8.95. The minimum Gasteiger partial charge on any atom is -0.324 e. The van der Waals surface area contributed by atoms with Crippen LogP contribution in [0.3, 0.4) is 0 Å². The lowest BCUT2D eigenvalue weighted by atomic mass is 10.1. The summed E-state index contributed by atoms with van der Waals surface area (Å²) in [7, 11) is 0. The molecule has 122 valence electrons. The van der Waals surface area contributed by atoms with Crippen LogP contribution in [0.5, 0.6) is 0 Å². The molecule has 1 N–H and O–H groups in total. The second-order valence-electron chi connectivity index (χ2n) is 6.32. The lowest BCUT2D eigenvalue weighted by Gasteiger charge is -2.25. The molecular weight excluding hydrogens is 320 g/mol. The number of hydrogen-bond acceptors (Lipinski definition) is 3. The number of rotatable bonds is 1. The van der Waals surface area contributed by atoms with Gasteiger partial charge in [0.05, 0.1) is 10.9 Å². The fraction of sp³-hybridized carbons (Fsp3) is 0.263. The average molecular weight is 338 g/mol. The lowest BCUT2D eigenvalue weighted by Crippen LogP contribution is -2.36. The van der Waals surface area contributed by atoms with Gasteiger partial charge in [0, 0.05) is 22.2 Å². The molecule has 0 saturated carbocycles. The van der Waals surface area contributed by atoms with E-state index in [0.29, 0.717) is 5.56 Å². The zero-order valence-electron chi connectivity index (χ0n) is 13.6. The van der Waals surface area contributed by atoms with E-state index in [9.17, 15) is 9.59 Å². The van der Waals surface area contributed by atoms with Crippen LogP contribution in [-0.4, -0.2) is 23.1 Å². The third-order valence-electron chi connectivity index (χ3n) is 4.58. The van der Waals surface area contributed by atoms with E-state index in [4.69, 9.17) is 0 Å². The number of nitrogens with zero attached hydrogens (tertiary/aromatic N) is 1. The van der Waals surface area contributed by atoms with Crippen molar-refractivity contribution in [2.24, 2.45) is 0 Å². The summed E-state index contributed by atoms with van der Waals surface area (Å²) in [5, 5.41) is 2.79. The standard InChI is InChI=1S/C19H18N2O2S/c1-11-9-13-5-3-4-6-16(13)21(11)19(23)14-7-8-17-15(10-14)20-18(22)12(2)24-17/h3-8,10-12H,9H2,1-2H3,(H,20,22)/t11-,12-/m1/s1. The smallest absolute Gasteiger partial charge is 0.258 e. The maximum atomic E-state index is 13.1. The van der Waals surface area contributed by atoms with Crippen molar-refractivity contribution in [3.63, 3.8) is 0 Å². The quantitative estimate of drug-likeness (QED) is 0.862. The van der Waals surface area contributed by atoms with Gasteiger partial charge in [0.25, 0.3) is 5.91 Å². The molecule has 2 atom stereocenters. The number of hydrogen-bond donors (Lipinski definition) is 1. The Morgan fingerprint density at radius 3 is 2.83 bits per heavy atom. The van der Waals surface area contributed by atoms with Crippen molar-refractivity contribution in [2.75, 3.05) is 10.2 Å². The number of fused-ring (bicyclic) bond motifs is 2. The largest absolute Gasteiger partial charge is 0.324 e. The number of carbonyl (C=O) groups excluding carboxylic acids is 2. The highest BCUT2D eigenvalue weighted by atomic mass is 32.2. The molecule has 2 aromatic carbocycles. The van der Waals surface area contributed by atoms with Gasteiger partial charge in [-0.2, -0.15) is 0 Å². The van der Waals surface area contributed by atoms with E-state index in [1.807, 2.05) is 42.2 Å². The Morgan fingerprint density at radius 1 is 1.21 bits per heavy atom. The summed E-state index contributed by atoms with van der Waals surface area (Å²) in [4.78, 5) is 27.8. The van der Waals surface area contributed by atoms with Gasteiger partial charge in [0.15, 0.2) is 0 Å². The highest BCUT2D eigenvalue weighted by molar-refractivity contribution is 8.00. The van der Waals surface area contributed by atoms with E-state index in [2.05, 4.69) is 18.3 Å². The van der Waals surface area contributed by atoms with Gasteiger partial charge >= 0.3 is 0 Å². The monoisotopic (exact) mass is 338 g/mol. The van der Waals surface area contributed by atoms with Crippen molar-refractivity contribution < 1.29 is 9.59 Å². The Balaban J connectivity index is 1.69. The third-order valence-corrected chi connectivity index (χ3v) is 5.76. The summed E-state index contributed by atoms with van der Waals surface area (Å²) in [6, 6.07) is 13.7. The maximum absolute atomic E-state index is 13.1. The first kappa shape index (κ1) is 15.3. The number of benzene rings is 2. The molecule has 0 bridgehead atoms.